The van der Waals surface area contributed by atoms with Gasteiger partial charge in [-0.3, -0.25) is 9.80 Å². The van der Waals surface area contributed by atoms with Gasteiger partial charge < -0.3 is 10.6 Å². The highest BCUT2D eigenvalue weighted by molar-refractivity contribution is 5.11. The molecule has 0 radical (unpaired) electrons. The number of hydrogen-bond acceptors (Lipinski definition) is 4. The molecule has 0 aromatic carbocycles. The Morgan fingerprint density at radius 3 is 2.72 bits per heavy atom. The molecule has 4 nitrogen and oxygen atoms in total. The summed E-state index contributed by atoms with van der Waals surface area (Å²) in [7, 11) is 4.42. The Balaban J connectivity index is 1.76. The van der Waals surface area contributed by atoms with Crippen molar-refractivity contribution in [2.75, 3.05) is 46.8 Å². The molecule has 3 unspecified atom stereocenters. The maximum Gasteiger partial charge on any atom is 0.0499 e. The molecule has 0 saturated carbocycles. The Kier molecular flexibility index (Phi) is 3.39. The van der Waals surface area contributed by atoms with Gasteiger partial charge in [0.15, 0.2) is 0 Å². The van der Waals surface area contributed by atoms with E-state index in [0.29, 0.717) is 5.54 Å². The average molecular weight is 252 g/mol. The Morgan fingerprint density at radius 1 is 1.22 bits per heavy atom. The maximum atomic E-state index is 6.24. The van der Waals surface area contributed by atoms with Gasteiger partial charge in [-0.15, -0.1) is 0 Å². The van der Waals surface area contributed by atoms with Gasteiger partial charge in [0, 0.05) is 43.8 Å². The predicted octanol–water partition coefficient (Wildman–Crippen LogP) is 0.188. The van der Waals surface area contributed by atoms with Crippen molar-refractivity contribution in [3.63, 3.8) is 0 Å². The average Bonchev–Trinajstić information content (AvgIpc) is 3.05. The largest absolute Gasteiger partial charge is 0.329 e. The molecule has 0 amide bonds. The number of fused-ring (bicyclic) bond motifs is 1. The van der Waals surface area contributed by atoms with Gasteiger partial charge in [-0.1, -0.05) is 0 Å². The Morgan fingerprint density at radius 2 is 2.06 bits per heavy atom. The normalized spacial score (nSPS) is 42.0. The Hall–Kier alpha value is -0.160. The molecule has 4 heteroatoms. The minimum absolute atomic E-state index is 0.293. The zero-order chi connectivity index (χ0) is 12.8. The molecule has 0 aliphatic carbocycles. The summed E-state index contributed by atoms with van der Waals surface area (Å²) >= 11 is 0. The summed E-state index contributed by atoms with van der Waals surface area (Å²) in [6.45, 7) is 5.87. The van der Waals surface area contributed by atoms with E-state index in [0.717, 1.165) is 18.6 Å². The molecule has 3 saturated heterocycles. The van der Waals surface area contributed by atoms with Gasteiger partial charge in [-0.05, 0) is 46.3 Å². The van der Waals surface area contributed by atoms with Crippen LogP contribution in [0.4, 0.5) is 0 Å². The third-order valence-corrected chi connectivity index (χ3v) is 5.69. The van der Waals surface area contributed by atoms with Crippen LogP contribution in [0.25, 0.3) is 0 Å². The summed E-state index contributed by atoms with van der Waals surface area (Å²) in [6.07, 6.45) is 5.33. The van der Waals surface area contributed by atoms with Crippen molar-refractivity contribution >= 4 is 0 Å². The standard InChI is InChI=1S/C14H28N4/c1-16(2)12-5-8-18(10-12)14(11-15)6-9-17-7-3-4-13(14)17/h12-13H,3-11,15H2,1-2H3. The molecule has 18 heavy (non-hydrogen) atoms. The molecule has 104 valence electrons. The topological polar surface area (TPSA) is 35.7 Å². The highest BCUT2D eigenvalue weighted by atomic mass is 15.4. The first-order valence-electron chi connectivity index (χ1n) is 7.53. The molecule has 3 aliphatic heterocycles. The minimum atomic E-state index is 0.293. The molecule has 3 atom stereocenters. The second-order valence-electron chi connectivity index (χ2n) is 6.60. The lowest BCUT2D eigenvalue weighted by atomic mass is 9.87. The fraction of sp³-hybridized carbons (Fsp3) is 1.00. The van der Waals surface area contributed by atoms with Crippen molar-refractivity contribution in [1.82, 2.24) is 14.7 Å². The van der Waals surface area contributed by atoms with Gasteiger partial charge >= 0.3 is 0 Å². The van der Waals surface area contributed by atoms with Crippen LogP contribution >= 0.6 is 0 Å². The van der Waals surface area contributed by atoms with Crippen molar-refractivity contribution < 1.29 is 0 Å². The second-order valence-corrected chi connectivity index (χ2v) is 6.60. The van der Waals surface area contributed by atoms with E-state index in [1.54, 1.807) is 0 Å². The van der Waals surface area contributed by atoms with E-state index >= 15 is 0 Å². The molecule has 0 spiro atoms. The van der Waals surface area contributed by atoms with Gasteiger partial charge in [-0.2, -0.15) is 0 Å². The molecule has 2 N–H and O–H groups in total. The molecule has 0 bridgehead atoms. The summed E-state index contributed by atoms with van der Waals surface area (Å²) in [5, 5.41) is 0. The molecule has 3 fully saturated rings. The zero-order valence-electron chi connectivity index (χ0n) is 11.9. The van der Waals surface area contributed by atoms with Crippen LogP contribution in [0.3, 0.4) is 0 Å². The van der Waals surface area contributed by atoms with Crippen molar-refractivity contribution in [2.45, 2.75) is 43.3 Å². The third-order valence-electron chi connectivity index (χ3n) is 5.69. The number of nitrogens with zero attached hydrogens (tertiary/aromatic N) is 3. The number of rotatable bonds is 3. The maximum absolute atomic E-state index is 6.24. The molecule has 0 aromatic rings. The highest BCUT2D eigenvalue weighted by Crippen LogP contribution is 2.41. The van der Waals surface area contributed by atoms with E-state index < -0.39 is 0 Å². The summed E-state index contributed by atoms with van der Waals surface area (Å²) in [5.41, 5.74) is 6.54. The lowest BCUT2D eigenvalue weighted by molar-refractivity contribution is 0.0822. The fourth-order valence-corrected chi connectivity index (χ4v) is 4.51. The molecule has 3 heterocycles. The van der Waals surface area contributed by atoms with E-state index in [2.05, 4.69) is 28.8 Å². The summed E-state index contributed by atoms with van der Waals surface area (Å²) in [6, 6.07) is 1.47. The molecule has 3 rings (SSSR count). The molecular weight excluding hydrogens is 224 g/mol. The molecule has 3 aliphatic rings. The van der Waals surface area contributed by atoms with Crippen LogP contribution in [0.15, 0.2) is 0 Å². The number of likely N-dealkylation sites (N-methyl/N-ethyl adjacent to an activating group) is 1. The number of likely N-dealkylation sites (tertiary alicyclic amines) is 1. The molecule has 0 aromatic heterocycles. The van der Waals surface area contributed by atoms with Crippen LogP contribution in [-0.4, -0.2) is 79.1 Å². The number of nitrogens with two attached hydrogens (primary N) is 1. The van der Waals surface area contributed by atoms with Gasteiger partial charge in [0.05, 0.1) is 0 Å². The first-order chi connectivity index (χ1) is 8.67. The monoisotopic (exact) mass is 252 g/mol. The van der Waals surface area contributed by atoms with Gasteiger partial charge in [-0.25, -0.2) is 0 Å². The smallest absolute Gasteiger partial charge is 0.0499 e. The molecular formula is C14H28N4. The van der Waals surface area contributed by atoms with Crippen LogP contribution in [0, 0.1) is 0 Å². The zero-order valence-corrected chi connectivity index (χ0v) is 11.9. The van der Waals surface area contributed by atoms with Crippen molar-refractivity contribution in [2.24, 2.45) is 5.73 Å². The van der Waals surface area contributed by atoms with Crippen LogP contribution in [0.1, 0.15) is 25.7 Å². The van der Waals surface area contributed by atoms with E-state index in [1.807, 2.05) is 0 Å². The van der Waals surface area contributed by atoms with Crippen LogP contribution in [0.2, 0.25) is 0 Å². The Labute approximate surface area is 111 Å². The Bertz CT molecular complexity index is 306. The lowest BCUT2D eigenvalue weighted by Crippen LogP contribution is -2.59. The SMILES string of the molecule is CN(C)C1CCN(C2(CN)CCN3CCCC32)C1. The fourth-order valence-electron chi connectivity index (χ4n) is 4.51. The van der Waals surface area contributed by atoms with Crippen molar-refractivity contribution in [3.05, 3.63) is 0 Å². The second kappa shape index (κ2) is 4.75. The van der Waals surface area contributed by atoms with Crippen LogP contribution in [-0.2, 0) is 0 Å². The van der Waals surface area contributed by atoms with E-state index in [4.69, 9.17) is 5.73 Å². The highest BCUT2D eigenvalue weighted by Gasteiger charge is 2.52. The quantitative estimate of drug-likeness (QED) is 0.778. The van der Waals surface area contributed by atoms with E-state index in [9.17, 15) is 0 Å². The minimum Gasteiger partial charge on any atom is -0.329 e. The summed E-state index contributed by atoms with van der Waals surface area (Å²) < 4.78 is 0. The number of hydrogen-bond donors (Lipinski definition) is 1. The van der Waals surface area contributed by atoms with E-state index in [1.165, 1.54) is 51.9 Å². The van der Waals surface area contributed by atoms with Crippen LogP contribution in [0.5, 0.6) is 0 Å². The summed E-state index contributed by atoms with van der Waals surface area (Å²) in [4.78, 5) is 7.80. The van der Waals surface area contributed by atoms with Gasteiger partial charge in [0.25, 0.3) is 0 Å². The van der Waals surface area contributed by atoms with E-state index in [-0.39, 0.29) is 0 Å². The lowest BCUT2D eigenvalue weighted by Gasteiger charge is -2.43. The van der Waals surface area contributed by atoms with Crippen LogP contribution < -0.4 is 5.73 Å². The van der Waals surface area contributed by atoms with Gasteiger partial charge in [0.1, 0.15) is 0 Å². The van der Waals surface area contributed by atoms with Gasteiger partial charge in [0.2, 0.25) is 0 Å². The third kappa shape index (κ3) is 1.82. The first-order valence-corrected chi connectivity index (χ1v) is 7.53. The first kappa shape index (κ1) is 12.9. The van der Waals surface area contributed by atoms with Crippen molar-refractivity contribution in [3.8, 4) is 0 Å². The summed E-state index contributed by atoms with van der Waals surface area (Å²) in [5.74, 6) is 0. The van der Waals surface area contributed by atoms with Crippen molar-refractivity contribution in [1.29, 1.82) is 0 Å². The predicted molar refractivity (Wildman–Crippen MR) is 74.7 cm³/mol.